The van der Waals surface area contributed by atoms with Gasteiger partial charge in [-0.2, -0.15) is 0 Å². The molecule has 0 fully saturated rings. The molecule has 0 bridgehead atoms. The second-order valence-electron chi connectivity index (χ2n) is 4.32. The van der Waals surface area contributed by atoms with Gasteiger partial charge in [-0.3, -0.25) is 0 Å². The highest BCUT2D eigenvalue weighted by atomic mass is 79.9. The molecule has 1 atom stereocenters. The average molecular weight is 293 g/mol. The number of alkyl halides is 1. The van der Waals surface area contributed by atoms with Crippen molar-refractivity contribution in [2.75, 3.05) is 0 Å². The molecule has 1 unspecified atom stereocenters. The zero-order valence-electron chi connectivity index (χ0n) is 9.57. The Bertz CT molecular complexity index is 545. The van der Waals surface area contributed by atoms with Crippen molar-refractivity contribution in [3.8, 4) is 0 Å². The van der Waals surface area contributed by atoms with Gasteiger partial charge in [0.1, 0.15) is 5.76 Å². The molecule has 2 aromatic rings. The number of rotatable bonds is 2. The monoisotopic (exact) mass is 292 g/mol. The van der Waals surface area contributed by atoms with Gasteiger partial charge in [-0.15, -0.1) is 0 Å². The predicted octanol–water partition coefficient (Wildman–Crippen LogP) is 4.10. The van der Waals surface area contributed by atoms with Gasteiger partial charge in [0.25, 0.3) is 0 Å². The number of fused-ring (bicyclic) bond motifs is 1. The van der Waals surface area contributed by atoms with Gasteiger partial charge in [-0.1, -0.05) is 34.1 Å². The highest BCUT2D eigenvalue weighted by molar-refractivity contribution is 9.09. The maximum absolute atomic E-state index is 5.43. The normalized spacial score (nSPS) is 15.9. The highest BCUT2D eigenvalue weighted by Gasteiger charge is 2.18. The first kappa shape index (κ1) is 11.1. The minimum atomic E-state index is 0.187. The fraction of sp³-hybridized carbons (Fsp3) is 0.286. The predicted molar refractivity (Wildman–Crippen MR) is 69.2 cm³/mol. The van der Waals surface area contributed by atoms with Crippen molar-refractivity contribution in [2.45, 2.75) is 25.0 Å². The van der Waals surface area contributed by atoms with E-state index in [1.54, 1.807) is 6.26 Å². The summed E-state index contributed by atoms with van der Waals surface area (Å²) < 4.78 is 10.8. The minimum Gasteiger partial charge on any atom is -0.469 e. The molecule has 3 rings (SSSR count). The van der Waals surface area contributed by atoms with Gasteiger partial charge >= 0.3 is 0 Å². The molecule has 2 nitrogen and oxygen atoms in total. The molecule has 1 aliphatic heterocycles. The topological polar surface area (TPSA) is 22.4 Å². The molecule has 1 aromatic carbocycles. The summed E-state index contributed by atoms with van der Waals surface area (Å²) in [6.07, 6.45) is 1.73. The van der Waals surface area contributed by atoms with Crippen LogP contribution in [-0.4, -0.2) is 0 Å². The van der Waals surface area contributed by atoms with Crippen molar-refractivity contribution in [1.29, 1.82) is 0 Å². The van der Waals surface area contributed by atoms with Crippen LogP contribution in [0.4, 0.5) is 0 Å². The number of hydrogen-bond donors (Lipinski definition) is 0. The lowest BCUT2D eigenvalue weighted by atomic mass is 10.0. The van der Waals surface area contributed by atoms with E-state index in [4.69, 9.17) is 9.15 Å². The van der Waals surface area contributed by atoms with E-state index in [1.165, 1.54) is 22.3 Å². The molecule has 0 N–H and O–H groups in total. The molecule has 0 radical (unpaired) electrons. The number of halogens is 1. The maximum atomic E-state index is 5.43. The first-order chi connectivity index (χ1) is 8.25. The molecule has 0 saturated carbocycles. The molecule has 88 valence electrons. The highest BCUT2D eigenvalue weighted by Crippen LogP contribution is 2.35. The van der Waals surface area contributed by atoms with Gasteiger partial charge in [0.05, 0.1) is 24.3 Å². The van der Waals surface area contributed by atoms with Crippen LogP contribution in [-0.2, 0) is 18.0 Å². The minimum absolute atomic E-state index is 0.187. The molecule has 0 saturated heterocycles. The van der Waals surface area contributed by atoms with Crippen LogP contribution >= 0.6 is 15.9 Å². The largest absolute Gasteiger partial charge is 0.469 e. The molecule has 1 aromatic heterocycles. The molecular formula is C14H13BrO2. The number of furan rings is 1. The Labute approximate surface area is 109 Å². The third-order valence-corrected chi connectivity index (χ3v) is 4.23. The van der Waals surface area contributed by atoms with E-state index in [1.807, 2.05) is 13.0 Å². The van der Waals surface area contributed by atoms with Crippen LogP contribution in [0.2, 0.25) is 0 Å². The maximum Gasteiger partial charge on any atom is 0.105 e. The van der Waals surface area contributed by atoms with E-state index in [9.17, 15) is 0 Å². The first-order valence-corrected chi connectivity index (χ1v) is 6.55. The second kappa shape index (κ2) is 4.31. The summed E-state index contributed by atoms with van der Waals surface area (Å²) >= 11 is 3.73. The number of hydrogen-bond acceptors (Lipinski definition) is 2. The van der Waals surface area contributed by atoms with Crippen LogP contribution in [0.5, 0.6) is 0 Å². The van der Waals surface area contributed by atoms with Crippen molar-refractivity contribution < 1.29 is 9.15 Å². The fourth-order valence-corrected chi connectivity index (χ4v) is 2.95. The van der Waals surface area contributed by atoms with E-state index < -0.39 is 0 Å². The zero-order valence-corrected chi connectivity index (χ0v) is 11.2. The summed E-state index contributed by atoms with van der Waals surface area (Å²) in [6, 6.07) is 8.54. The zero-order chi connectivity index (χ0) is 11.8. The lowest BCUT2D eigenvalue weighted by molar-refractivity contribution is 0.134. The van der Waals surface area contributed by atoms with Crippen molar-refractivity contribution in [3.63, 3.8) is 0 Å². The van der Waals surface area contributed by atoms with Crippen molar-refractivity contribution >= 4 is 15.9 Å². The van der Waals surface area contributed by atoms with Gasteiger partial charge in [0, 0.05) is 5.56 Å². The lowest BCUT2D eigenvalue weighted by Gasteiger charge is -2.10. The van der Waals surface area contributed by atoms with Gasteiger partial charge in [-0.05, 0) is 29.7 Å². The van der Waals surface area contributed by atoms with Crippen molar-refractivity contribution in [2.24, 2.45) is 0 Å². The summed E-state index contributed by atoms with van der Waals surface area (Å²) in [7, 11) is 0. The third-order valence-electron chi connectivity index (χ3n) is 3.21. The Morgan fingerprint density at radius 3 is 2.76 bits per heavy atom. The summed E-state index contributed by atoms with van der Waals surface area (Å²) in [5.74, 6) is 0.962. The summed E-state index contributed by atoms with van der Waals surface area (Å²) in [5, 5.41) is 0. The fourth-order valence-electron chi connectivity index (χ4n) is 2.19. The van der Waals surface area contributed by atoms with Gasteiger partial charge < -0.3 is 9.15 Å². The van der Waals surface area contributed by atoms with E-state index in [-0.39, 0.29) is 4.83 Å². The Hall–Kier alpha value is -1.06. The van der Waals surface area contributed by atoms with Crippen molar-refractivity contribution in [3.05, 3.63) is 58.5 Å². The van der Waals surface area contributed by atoms with Crippen LogP contribution < -0.4 is 0 Å². The summed E-state index contributed by atoms with van der Waals surface area (Å²) in [6.45, 7) is 3.46. The van der Waals surface area contributed by atoms with E-state index in [0.717, 1.165) is 19.0 Å². The number of benzene rings is 1. The molecule has 0 aliphatic carbocycles. The lowest BCUT2D eigenvalue weighted by Crippen LogP contribution is -1.95. The van der Waals surface area contributed by atoms with E-state index in [2.05, 4.69) is 34.1 Å². The molecule has 3 heteroatoms. The smallest absolute Gasteiger partial charge is 0.105 e. The van der Waals surface area contributed by atoms with Gasteiger partial charge in [0.2, 0.25) is 0 Å². The summed E-state index contributed by atoms with van der Waals surface area (Å²) in [5.41, 5.74) is 5.04. The first-order valence-electron chi connectivity index (χ1n) is 5.63. The molecule has 0 amide bonds. The molecule has 17 heavy (non-hydrogen) atoms. The number of ether oxygens (including phenoxy) is 1. The standard InChI is InChI=1S/C14H13BrO2/c1-9-13(4-5-17-9)14(15)10-2-3-11-7-16-8-12(11)6-10/h2-6,14H,7-8H2,1H3. The average Bonchev–Trinajstić information content (AvgIpc) is 2.95. The molecule has 0 spiro atoms. The van der Waals surface area contributed by atoms with Crippen LogP contribution in [0.25, 0.3) is 0 Å². The quantitative estimate of drug-likeness (QED) is 0.778. The van der Waals surface area contributed by atoms with Crippen LogP contribution in [0, 0.1) is 6.92 Å². The molecule has 1 aliphatic rings. The second-order valence-corrected chi connectivity index (χ2v) is 5.23. The Balaban J connectivity index is 1.97. The van der Waals surface area contributed by atoms with E-state index >= 15 is 0 Å². The van der Waals surface area contributed by atoms with Crippen LogP contribution in [0.3, 0.4) is 0 Å². The third kappa shape index (κ3) is 1.94. The van der Waals surface area contributed by atoms with Crippen LogP contribution in [0.1, 0.15) is 32.8 Å². The van der Waals surface area contributed by atoms with Crippen molar-refractivity contribution in [1.82, 2.24) is 0 Å². The van der Waals surface area contributed by atoms with Gasteiger partial charge in [0.15, 0.2) is 0 Å². The van der Waals surface area contributed by atoms with Crippen LogP contribution in [0.15, 0.2) is 34.9 Å². The molecular weight excluding hydrogens is 280 g/mol. The number of aryl methyl sites for hydroxylation is 1. The Morgan fingerprint density at radius 2 is 2.00 bits per heavy atom. The Morgan fingerprint density at radius 1 is 1.18 bits per heavy atom. The SMILES string of the molecule is Cc1occc1C(Br)c1ccc2c(c1)COC2. The Kier molecular flexibility index (Phi) is 2.81. The summed E-state index contributed by atoms with van der Waals surface area (Å²) in [4.78, 5) is 0.187. The van der Waals surface area contributed by atoms with E-state index in [0.29, 0.717) is 0 Å². The van der Waals surface area contributed by atoms with Gasteiger partial charge in [-0.25, -0.2) is 0 Å². The molecule has 2 heterocycles.